The van der Waals surface area contributed by atoms with E-state index in [9.17, 15) is 4.79 Å². The van der Waals surface area contributed by atoms with E-state index >= 15 is 0 Å². The summed E-state index contributed by atoms with van der Waals surface area (Å²) >= 11 is 3.37. The third-order valence-corrected chi connectivity index (χ3v) is 6.81. The van der Waals surface area contributed by atoms with Gasteiger partial charge in [0.15, 0.2) is 5.13 Å². The van der Waals surface area contributed by atoms with Crippen molar-refractivity contribution in [1.29, 1.82) is 0 Å². The highest BCUT2D eigenvalue weighted by atomic mass is 35.5. The van der Waals surface area contributed by atoms with E-state index in [0.717, 1.165) is 39.6 Å². The molecular weight excluding hydrogens is 462 g/mol. The van der Waals surface area contributed by atoms with Gasteiger partial charge in [-0.1, -0.05) is 37.3 Å². The van der Waals surface area contributed by atoms with Crippen molar-refractivity contribution in [1.82, 2.24) is 9.88 Å². The minimum atomic E-state index is 0. The molecule has 1 aromatic heterocycles. The molecule has 0 radical (unpaired) electrons. The Morgan fingerprint density at radius 3 is 2.47 bits per heavy atom. The topological polar surface area (TPSA) is 45.7 Å². The van der Waals surface area contributed by atoms with Crippen LogP contribution >= 0.6 is 35.5 Å². The van der Waals surface area contributed by atoms with E-state index in [2.05, 4.69) is 43.0 Å². The van der Waals surface area contributed by atoms with Gasteiger partial charge in [-0.3, -0.25) is 9.69 Å². The number of hydrogen-bond donors (Lipinski definition) is 0. The summed E-state index contributed by atoms with van der Waals surface area (Å²) in [6.45, 7) is 5.93. The molecule has 0 unspecified atom stereocenters. The molecule has 1 heterocycles. The van der Waals surface area contributed by atoms with Crippen LogP contribution < -0.4 is 9.64 Å². The first-order valence-corrected chi connectivity index (χ1v) is 12.2. The molecule has 3 aromatic rings. The SMILES string of the molecule is COc1ccc2nc(N(CCCN(C)C)C(=O)Cc3ccc(SC(C)C)cc3)sc2c1.Cl. The third-order valence-electron chi connectivity index (χ3n) is 4.75. The number of aromatic nitrogens is 1. The fourth-order valence-electron chi connectivity index (χ4n) is 3.24. The van der Waals surface area contributed by atoms with Crippen LogP contribution in [0.5, 0.6) is 5.75 Å². The van der Waals surface area contributed by atoms with Crippen molar-refractivity contribution in [2.45, 2.75) is 36.8 Å². The van der Waals surface area contributed by atoms with Gasteiger partial charge in [0.05, 0.1) is 23.7 Å². The number of hydrogen-bond acceptors (Lipinski definition) is 6. The predicted octanol–water partition coefficient (Wildman–Crippen LogP) is 5.75. The first-order chi connectivity index (χ1) is 14.9. The molecule has 0 aliphatic heterocycles. The lowest BCUT2D eigenvalue weighted by Crippen LogP contribution is -2.34. The second-order valence-electron chi connectivity index (χ2n) is 8.02. The van der Waals surface area contributed by atoms with Crippen LogP contribution in [0.15, 0.2) is 47.4 Å². The maximum Gasteiger partial charge on any atom is 0.233 e. The number of thioether (sulfide) groups is 1. The van der Waals surface area contributed by atoms with Crippen molar-refractivity contribution in [2.24, 2.45) is 0 Å². The van der Waals surface area contributed by atoms with Gasteiger partial charge in [0, 0.05) is 16.7 Å². The molecule has 0 aliphatic rings. The largest absolute Gasteiger partial charge is 0.497 e. The van der Waals surface area contributed by atoms with Crippen LogP contribution in [0.1, 0.15) is 25.8 Å². The van der Waals surface area contributed by atoms with E-state index in [-0.39, 0.29) is 18.3 Å². The van der Waals surface area contributed by atoms with Crippen molar-refractivity contribution in [2.75, 3.05) is 39.2 Å². The highest BCUT2D eigenvalue weighted by molar-refractivity contribution is 7.99. The van der Waals surface area contributed by atoms with Crippen LogP contribution in [-0.2, 0) is 11.2 Å². The van der Waals surface area contributed by atoms with Crippen molar-refractivity contribution >= 4 is 56.8 Å². The maximum atomic E-state index is 13.3. The lowest BCUT2D eigenvalue weighted by molar-refractivity contribution is -0.118. The molecule has 0 saturated carbocycles. The number of fused-ring (bicyclic) bond motifs is 1. The first-order valence-electron chi connectivity index (χ1n) is 10.5. The van der Waals surface area contributed by atoms with Gasteiger partial charge >= 0.3 is 0 Å². The second-order valence-corrected chi connectivity index (χ2v) is 10.7. The maximum absolute atomic E-state index is 13.3. The van der Waals surface area contributed by atoms with E-state index in [1.54, 1.807) is 7.11 Å². The zero-order valence-corrected chi connectivity index (χ0v) is 21.8. The molecule has 32 heavy (non-hydrogen) atoms. The van der Waals surface area contributed by atoms with E-state index in [0.29, 0.717) is 18.2 Å². The summed E-state index contributed by atoms with van der Waals surface area (Å²) in [6, 6.07) is 14.2. The molecule has 0 bridgehead atoms. The van der Waals surface area contributed by atoms with Gasteiger partial charge in [-0.2, -0.15) is 0 Å². The van der Waals surface area contributed by atoms with E-state index in [1.165, 1.54) is 16.2 Å². The highest BCUT2D eigenvalue weighted by Crippen LogP contribution is 2.32. The van der Waals surface area contributed by atoms with Crippen LogP contribution in [0.4, 0.5) is 5.13 Å². The summed E-state index contributed by atoms with van der Waals surface area (Å²) in [5, 5.41) is 1.29. The monoisotopic (exact) mass is 493 g/mol. The number of anilines is 1. The third kappa shape index (κ3) is 7.37. The van der Waals surface area contributed by atoms with E-state index in [4.69, 9.17) is 9.72 Å². The Labute approximate surface area is 205 Å². The zero-order chi connectivity index (χ0) is 22.4. The van der Waals surface area contributed by atoms with Gasteiger partial charge in [0.2, 0.25) is 5.91 Å². The van der Waals surface area contributed by atoms with Gasteiger partial charge in [-0.05, 0) is 63.0 Å². The van der Waals surface area contributed by atoms with Gasteiger partial charge in [-0.15, -0.1) is 24.2 Å². The number of carbonyl (C=O) groups is 1. The van der Waals surface area contributed by atoms with Gasteiger partial charge in [0.1, 0.15) is 5.75 Å². The van der Waals surface area contributed by atoms with Crippen LogP contribution in [0, 0.1) is 0 Å². The number of amides is 1. The minimum Gasteiger partial charge on any atom is -0.497 e. The molecule has 2 aromatic carbocycles. The molecule has 1 amide bonds. The lowest BCUT2D eigenvalue weighted by Gasteiger charge is -2.21. The first kappa shape index (κ1) is 26.5. The molecule has 0 N–H and O–H groups in total. The molecule has 5 nitrogen and oxygen atoms in total. The second kappa shape index (κ2) is 12.4. The standard InChI is InChI=1S/C24H31N3O2S2.ClH/c1-17(2)30-20-10-7-18(8-11-20)15-23(28)27(14-6-13-26(3)4)24-25-21-12-9-19(29-5)16-22(21)31-24;/h7-12,16-17H,6,13-15H2,1-5H3;1H. The van der Waals surface area contributed by atoms with Gasteiger partial charge < -0.3 is 9.64 Å². The quantitative estimate of drug-likeness (QED) is 0.336. The average molecular weight is 494 g/mol. The number of rotatable bonds is 10. The summed E-state index contributed by atoms with van der Waals surface area (Å²) in [6.07, 6.45) is 1.26. The summed E-state index contributed by atoms with van der Waals surface area (Å²) in [5.41, 5.74) is 1.92. The number of nitrogens with zero attached hydrogens (tertiary/aromatic N) is 3. The average Bonchev–Trinajstić information content (AvgIpc) is 3.14. The number of thiazole rings is 1. The fraction of sp³-hybridized carbons (Fsp3) is 0.417. The Morgan fingerprint density at radius 1 is 1.12 bits per heavy atom. The Kier molecular flexibility index (Phi) is 10.3. The lowest BCUT2D eigenvalue weighted by atomic mass is 10.1. The molecule has 0 saturated heterocycles. The fourth-order valence-corrected chi connectivity index (χ4v) is 5.11. The minimum absolute atomic E-state index is 0. The van der Waals surface area contributed by atoms with Crippen molar-refractivity contribution in [3.8, 4) is 5.75 Å². The molecule has 174 valence electrons. The van der Waals surface area contributed by atoms with E-state index in [1.807, 2.05) is 49.0 Å². The Hall–Kier alpha value is -1.80. The van der Waals surface area contributed by atoms with Crippen molar-refractivity contribution < 1.29 is 9.53 Å². The highest BCUT2D eigenvalue weighted by Gasteiger charge is 2.20. The summed E-state index contributed by atoms with van der Waals surface area (Å²) in [5.74, 6) is 0.876. The van der Waals surface area contributed by atoms with Crippen LogP contribution in [0.25, 0.3) is 10.2 Å². The summed E-state index contributed by atoms with van der Waals surface area (Å²) in [4.78, 5) is 23.3. The molecule has 8 heteroatoms. The molecular formula is C24H32ClN3O2S2. The number of halogens is 1. The smallest absolute Gasteiger partial charge is 0.233 e. The Morgan fingerprint density at radius 2 is 1.84 bits per heavy atom. The molecule has 3 rings (SSSR count). The normalized spacial score (nSPS) is 11.1. The van der Waals surface area contributed by atoms with Crippen LogP contribution in [-0.4, -0.2) is 55.3 Å². The van der Waals surface area contributed by atoms with Gasteiger partial charge in [-0.25, -0.2) is 4.98 Å². The summed E-state index contributed by atoms with van der Waals surface area (Å²) in [7, 11) is 5.75. The number of ether oxygens (including phenoxy) is 1. The molecule has 0 fully saturated rings. The number of methoxy groups -OCH3 is 1. The van der Waals surface area contributed by atoms with Crippen molar-refractivity contribution in [3.05, 3.63) is 48.0 Å². The van der Waals surface area contributed by atoms with Crippen LogP contribution in [0.3, 0.4) is 0 Å². The molecule has 0 aliphatic carbocycles. The van der Waals surface area contributed by atoms with E-state index < -0.39 is 0 Å². The predicted molar refractivity (Wildman–Crippen MR) is 140 cm³/mol. The summed E-state index contributed by atoms with van der Waals surface area (Å²) < 4.78 is 6.36. The Bertz CT molecular complexity index is 1010. The van der Waals surface area contributed by atoms with Gasteiger partial charge in [0.25, 0.3) is 0 Å². The van der Waals surface area contributed by atoms with Crippen LogP contribution in [0.2, 0.25) is 0 Å². The molecule has 0 spiro atoms. The zero-order valence-electron chi connectivity index (χ0n) is 19.3. The van der Waals surface area contributed by atoms with Crippen molar-refractivity contribution in [3.63, 3.8) is 0 Å². The molecule has 0 atom stereocenters. The number of benzene rings is 2. The number of carbonyl (C=O) groups excluding carboxylic acids is 1. The Balaban J connectivity index is 0.00000363.